The Morgan fingerprint density at radius 2 is 0.750 bits per heavy atom. The average molecular weight is 168 g/mol. The van der Waals surface area contributed by atoms with E-state index in [9.17, 15) is 0 Å². The first-order chi connectivity index (χ1) is 5.83. The minimum Gasteiger partial charge on any atom is -0.337 e. The maximum absolute atomic E-state index is 7.10. The highest BCUT2D eigenvalue weighted by molar-refractivity contribution is 4.51. The number of hydrogen-bond donors (Lipinski definition) is 2. The standard InChI is InChI=1S/C6H12.2CH2N2/c1-2-4-6-5-3-1;2*2-1-3/h1-6H2;2*2H2. The van der Waals surface area contributed by atoms with Gasteiger partial charge in [0.15, 0.2) is 12.4 Å². The summed E-state index contributed by atoms with van der Waals surface area (Å²) in [5.41, 5.74) is 8.31. The van der Waals surface area contributed by atoms with Crippen molar-refractivity contribution in [3.8, 4) is 12.4 Å². The second-order valence-corrected chi connectivity index (χ2v) is 2.38. The fourth-order valence-electron chi connectivity index (χ4n) is 1.06. The van der Waals surface area contributed by atoms with E-state index in [1.54, 1.807) is 0 Å². The van der Waals surface area contributed by atoms with Gasteiger partial charge in [-0.25, -0.2) is 0 Å². The molecule has 4 nitrogen and oxygen atoms in total. The Kier molecular flexibility index (Phi) is 17.9. The van der Waals surface area contributed by atoms with Crippen molar-refractivity contribution >= 4 is 0 Å². The van der Waals surface area contributed by atoms with Crippen LogP contribution in [0, 0.1) is 22.9 Å². The highest BCUT2D eigenvalue weighted by Crippen LogP contribution is 2.15. The van der Waals surface area contributed by atoms with Crippen molar-refractivity contribution in [2.24, 2.45) is 11.5 Å². The van der Waals surface area contributed by atoms with Crippen LogP contribution in [0.1, 0.15) is 38.5 Å². The summed E-state index contributed by atoms with van der Waals surface area (Å²) >= 11 is 0. The maximum atomic E-state index is 7.10. The molecule has 0 aromatic heterocycles. The second kappa shape index (κ2) is 16.3. The van der Waals surface area contributed by atoms with Gasteiger partial charge in [-0.3, -0.25) is 0 Å². The van der Waals surface area contributed by atoms with Gasteiger partial charge in [-0.15, -0.1) is 0 Å². The summed E-state index contributed by atoms with van der Waals surface area (Å²) in [5.74, 6) is 0. The van der Waals surface area contributed by atoms with Gasteiger partial charge in [0.05, 0.1) is 0 Å². The van der Waals surface area contributed by atoms with Gasteiger partial charge < -0.3 is 11.5 Å². The molecule has 0 bridgehead atoms. The molecule has 68 valence electrons. The molecular weight excluding hydrogens is 152 g/mol. The smallest absolute Gasteiger partial charge is 0.173 e. The topological polar surface area (TPSA) is 99.6 Å². The Morgan fingerprint density at radius 1 is 0.667 bits per heavy atom. The third-order valence-electron chi connectivity index (χ3n) is 1.50. The second-order valence-electron chi connectivity index (χ2n) is 2.38. The van der Waals surface area contributed by atoms with Crippen LogP contribution in [0.5, 0.6) is 0 Å². The molecule has 0 aromatic carbocycles. The summed E-state index contributed by atoms with van der Waals surface area (Å²) in [7, 11) is 0. The Balaban J connectivity index is 0. The van der Waals surface area contributed by atoms with Crippen molar-refractivity contribution in [3.05, 3.63) is 0 Å². The summed E-state index contributed by atoms with van der Waals surface area (Å²) in [4.78, 5) is 0. The van der Waals surface area contributed by atoms with Crippen molar-refractivity contribution in [2.75, 3.05) is 0 Å². The summed E-state index contributed by atoms with van der Waals surface area (Å²) < 4.78 is 0. The van der Waals surface area contributed by atoms with E-state index in [1.165, 1.54) is 50.9 Å². The zero-order chi connectivity index (χ0) is 9.66. The predicted octanol–water partition coefficient (Wildman–Crippen LogP) is 1.19. The lowest BCUT2D eigenvalue weighted by atomic mass is 10.0. The summed E-state index contributed by atoms with van der Waals surface area (Å²) in [6.45, 7) is 0. The van der Waals surface area contributed by atoms with E-state index in [0.717, 1.165) is 0 Å². The van der Waals surface area contributed by atoms with Crippen LogP contribution in [-0.4, -0.2) is 0 Å². The third-order valence-corrected chi connectivity index (χ3v) is 1.50. The minimum absolute atomic E-state index is 1.25. The quantitative estimate of drug-likeness (QED) is 0.419. The van der Waals surface area contributed by atoms with Crippen LogP contribution in [0.3, 0.4) is 0 Å². The SMILES string of the molecule is C1CCCCC1.N#CN.N#CN. The molecule has 0 aliphatic heterocycles. The van der Waals surface area contributed by atoms with Crippen LogP contribution < -0.4 is 11.5 Å². The van der Waals surface area contributed by atoms with Crippen molar-refractivity contribution < 1.29 is 0 Å². The van der Waals surface area contributed by atoms with Crippen molar-refractivity contribution in [1.82, 2.24) is 0 Å². The molecule has 0 spiro atoms. The zero-order valence-electron chi connectivity index (χ0n) is 7.29. The monoisotopic (exact) mass is 168 g/mol. The summed E-state index contributed by atoms with van der Waals surface area (Å²) in [6, 6.07) is 0. The molecule has 1 aliphatic rings. The van der Waals surface area contributed by atoms with E-state index in [1.807, 2.05) is 0 Å². The van der Waals surface area contributed by atoms with Crippen LogP contribution in [0.25, 0.3) is 0 Å². The van der Waals surface area contributed by atoms with E-state index in [2.05, 4.69) is 11.5 Å². The molecule has 4 N–H and O–H groups in total. The molecule has 0 aromatic rings. The molecule has 0 radical (unpaired) electrons. The molecule has 12 heavy (non-hydrogen) atoms. The fourth-order valence-corrected chi connectivity index (χ4v) is 1.06. The molecule has 0 atom stereocenters. The molecule has 0 unspecified atom stereocenters. The lowest BCUT2D eigenvalue weighted by Crippen LogP contribution is -1.85. The molecule has 0 saturated heterocycles. The van der Waals surface area contributed by atoms with E-state index >= 15 is 0 Å². The van der Waals surface area contributed by atoms with E-state index in [0.29, 0.717) is 0 Å². The Hall–Kier alpha value is -1.42. The lowest BCUT2D eigenvalue weighted by molar-refractivity contribution is 0.504. The van der Waals surface area contributed by atoms with Crippen molar-refractivity contribution in [1.29, 1.82) is 10.5 Å². The molecule has 1 aliphatic carbocycles. The summed E-state index contributed by atoms with van der Waals surface area (Å²) in [6.07, 6.45) is 11.5. The number of rotatable bonds is 0. The van der Waals surface area contributed by atoms with Crippen molar-refractivity contribution in [2.45, 2.75) is 38.5 Å². The largest absolute Gasteiger partial charge is 0.337 e. The minimum atomic E-state index is 1.25. The molecule has 0 heterocycles. The van der Waals surface area contributed by atoms with Crippen LogP contribution >= 0.6 is 0 Å². The molecule has 0 amide bonds. The third kappa shape index (κ3) is 23.5. The van der Waals surface area contributed by atoms with Gasteiger partial charge >= 0.3 is 0 Å². The number of nitriles is 2. The van der Waals surface area contributed by atoms with Crippen molar-refractivity contribution in [3.63, 3.8) is 0 Å². The molecule has 1 fully saturated rings. The molecule has 4 heteroatoms. The van der Waals surface area contributed by atoms with Crippen LogP contribution in [-0.2, 0) is 0 Å². The zero-order valence-corrected chi connectivity index (χ0v) is 7.29. The number of nitrogens with zero attached hydrogens (tertiary/aromatic N) is 2. The first-order valence-corrected chi connectivity index (χ1v) is 4.02. The van der Waals surface area contributed by atoms with E-state index in [-0.39, 0.29) is 0 Å². The van der Waals surface area contributed by atoms with Gasteiger partial charge in [-0.2, -0.15) is 10.5 Å². The molecule has 1 saturated carbocycles. The Morgan fingerprint density at radius 3 is 0.833 bits per heavy atom. The fraction of sp³-hybridized carbons (Fsp3) is 0.750. The summed E-state index contributed by atoms with van der Waals surface area (Å²) in [5, 5.41) is 14.2. The highest BCUT2D eigenvalue weighted by atomic mass is 14.5. The van der Waals surface area contributed by atoms with Gasteiger partial charge in [-0.1, -0.05) is 38.5 Å². The highest BCUT2D eigenvalue weighted by Gasteiger charge is 1.95. The molecular formula is C8H16N4. The van der Waals surface area contributed by atoms with E-state index < -0.39 is 0 Å². The number of hydrogen-bond acceptors (Lipinski definition) is 4. The van der Waals surface area contributed by atoms with Gasteiger partial charge in [0.1, 0.15) is 0 Å². The first kappa shape index (κ1) is 13.2. The van der Waals surface area contributed by atoms with Crippen LogP contribution in [0.4, 0.5) is 0 Å². The maximum Gasteiger partial charge on any atom is 0.173 e. The first-order valence-electron chi connectivity index (χ1n) is 4.02. The lowest BCUT2D eigenvalue weighted by Gasteiger charge is -2.05. The average Bonchev–Trinajstić information content (AvgIpc) is 2.10. The predicted molar refractivity (Wildman–Crippen MR) is 47.3 cm³/mol. The Labute approximate surface area is 73.8 Å². The normalized spacial score (nSPS) is 13.2. The Bertz CT molecular complexity index is 115. The van der Waals surface area contributed by atoms with Gasteiger partial charge in [0.2, 0.25) is 0 Å². The van der Waals surface area contributed by atoms with Crippen LogP contribution in [0.2, 0.25) is 0 Å². The van der Waals surface area contributed by atoms with Gasteiger partial charge in [0, 0.05) is 0 Å². The van der Waals surface area contributed by atoms with E-state index in [4.69, 9.17) is 10.5 Å². The van der Waals surface area contributed by atoms with Gasteiger partial charge in [-0.05, 0) is 0 Å². The molecule has 1 rings (SSSR count). The van der Waals surface area contributed by atoms with Crippen LogP contribution in [0.15, 0.2) is 0 Å². The van der Waals surface area contributed by atoms with Gasteiger partial charge in [0.25, 0.3) is 0 Å². The number of nitrogens with two attached hydrogens (primary N) is 2.